The fourth-order valence-corrected chi connectivity index (χ4v) is 9.56. The highest BCUT2D eigenvalue weighted by atomic mass is 32.1. The second-order valence-electron chi connectivity index (χ2n) is 12.6. The van der Waals surface area contributed by atoms with Crippen molar-refractivity contribution >= 4 is 29.1 Å². The molecular weight excluding hydrogens is 566 g/mol. The number of nitro benzene ring substituents is 1. The van der Waals surface area contributed by atoms with Crippen LogP contribution in [0, 0.1) is 27.9 Å². The third-order valence-electron chi connectivity index (χ3n) is 9.88. The van der Waals surface area contributed by atoms with Crippen LogP contribution >= 0.6 is 11.3 Å². The van der Waals surface area contributed by atoms with Gasteiger partial charge in [0, 0.05) is 17.7 Å². The molecule has 1 atom stereocenters. The van der Waals surface area contributed by atoms with Gasteiger partial charge in [0.05, 0.1) is 33.4 Å². The molecule has 5 aliphatic rings. The first-order valence-electron chi connectivity index (χ1n) is 14.9. The van der Waals surface area contributed by atoms with Crippen molar-refractivity contribution in [2.75, 3.05) is 6.61 Å². The first-order chi connectivity index (χ1) is 20.7. The molecule has 0 unspecified atom stereocenters. The van der Waals surface area contributed by atoms with Crippen LogP contribution in [0.4, 0.5) is 5.69 Å². The van der Waals surface area contributed by atoms with Gasteiger partial charge in [0.15, 0.2) is 4.80 Å². The highest BCUT2D eigenvalue weighted by Crippen LogP contribution is 2.60. The number of fused-ring (bicyclic) bond motifs is 1. The maximum atomic E-state index is 14.1. The molecule has 1 N–H and O–H groups in total. The molecule has 0 radical (unpaired) electrons. The predicted octanol–water partition coefficient (Wildman–Crippen LogP) is 4.88. The molecule has 4 saturated carbocycles. The summed E-state index contributed by atoms with van der Waals surface area (Å²) in [5.74, 6) is 1.79. The number of carbonyl (C=O) groups is 1. The third kappa shape index (κ3) is 4.63. The number of esters is 1. The number of allylic oxidation sites excluding steroid dienone is 1. The Hall–Kier alpha value is -4.05. The van der Waals surface area contributed by atoms with Crippen LogP contribution in [-0.2, 0) is 14.9 Å². The number of carbonyl (C=O) groups excluding carboxylic acids is 1. The van der Waals surface area contributed by atoms with Gasteiger partial charge >= 0.3 is 5.97 Å². The van der Waals surface area contributed by atoms with Crippen molar-refractivity contribution < 1.29 is 19.6 Å². The van der Waals surface area contributed by atoms with Gasteiger partial charge in [-0.2, -0.15) is 0 Å². The van der Waals surface area contributed by atoms with E-state index < -0.39 is 22.5 Å². The van der Waals surface area contributed by atoms with Crippen molar-refractivity contribution in [3.63, 3.8) is 0 Å². The summed E-state index contributed by atoms with van der Waals surface area (Å²) in [7, 11) is 0. The average molecular weight is 600 g/mol. The molecule has 0 spiro atoms. The van der Waals surface area contributed by atoms with Gasteiger partial charge in [0.2, 0.25) is 0 Å². The fourth-order valence-electron chi connectivity index (χ4n) is 8.52. The van der Waals surface area contributed by atoms with Gasteiger partial charge in [-0.3, -0.25) is 19.5 Å². The lowest BCUT2D eigenvalue weighted by Gasteiger charge is -2.57. The van der Waals surface area contributed by atoms with Gasteiger partial charge in [0.25, 0.3) is 11.2 Å². The van der Waals surface area contributed by atoms with Crippen molar-refractivity contribution in [2.24, 2.45) is 22.7 Å². The second-order valence-corrected chi connectivity index (χ2v) is 13.6. The van der Waals surface area contributed by atoms with Gasteiger partial charge in [0.1, 0.15) is 5.75 Å². The molecule has 4 fully saturated rings. The lowest BCUT2D eigenvalue weighted by Crippen LogP contribution is -2.48. The Bertz CT molecular complexity index is 1850. The van der Waals surface area contributed by atoms with Gasteiger partial charge in [-0.25, -0.2) is 9.79 Å². The zero-order valence-electron chi connectivity index (χ0n) is 24.1. The second kappa shape index (κ2) is 10.3. The molecule has 8 rings (SSSR count). The van der Waals surface area contributed by atoms with Gasteiger partial charge in [-0.1, -0.05) is 29.5 Å². The Morgan fingerprint density at radius 2 is 1.86 bits per heavy atom. The Labute approximate surface area is 252 Å². The highest BCUT2D eigenvalue weighted by molar-refractivity contribution is 7.07. The average Bonchev–Trinajstić information content (AvgIpc) is 3.26. The first-order valence-corrected chi connectivity index (χ1v) is 15.7. The maximum absolute atomic E-state index is 14.1. The number of phenols is 1. The summed E-state index contributed by atoms with van der Waals surface area (Å²) < 4.78 is 7.09. The quantitative estimate of drug-likeness (QED) is 0.245. The number of nitro groups is 1. The molecule has 3 aromatic rings. The summed E-state index contributed by atoms with van der Waals surface area (Å²) in [6.45, 7) is 3.49. The summed E-state index contributed by atoms with van der Waals surface area (Å²) in [6, 6.07) is 10.8. The number of rotatable bonds is 6. The number of non-ortho nitro benzene ring substituents is 1. The standard InChI is InChI=1S/C33H33N3O6S/c1-3-42-31(39)28-18(2)34-32-35(29(28)22-5-4-6-25(13-22)36(40)41)30(38)27(43-32)14-23-12-24(7-8-26(23)37)33-15-19-9-20(16-33)11-21(10-19)17-33/h4-8,12-14,19-21,29,37H,3,9-11,15-17H2,1-2H3/b27-14+/t19?,20?,21?,29-,33?/m0/s1. The molecule has 0 amide bonds. The molecule has 1 aromatic heterocycles. The molecule has 4 aliphatic carbocycles. The number of ether oxygens (including phenoxy) is 1. The van der Waals surface area contributed by atoms with Crippen molar-refractivity contribution in [3.8, 4) is 5.75 Å². The SMILES string of the molecule is CCOC(=O)C1=C(C)N=c2s/c(=C/c3cc(C45CC6CC(CC(C6)C4)C5)ccc3O)c(=O)n2[C@H]1c1cccc([N+](=O)[O-])c1. The van der Waals surface area contributed by atoms with E-state index in [0.717, 1.165) is 17.8 Å². The smallest absolute Gasteiger partial charge is 0.338 e. The van der Waals surface area contributed by atoms with E-state index in [1.54, 1.807) is 32.1 Å². The number of hydrogen-bond acceptors (Lipinski definition) is 8. The molecule has 9 nitrogen and oxygen atoms in total. The third-order valence-corrected chi connectivity index (χ3v) is 10.9. The molecule has 4 bridgehead atoms. The predicted molar refractivity (Wildman–Crippen MR) is 161 cm³/mol. The van der Waals surface area contributed by atoms with E-state index in [1.807, 2.05) is 6.07 Å². The van der Waals surface area contributed by atoms with E-state index in [2.05, 4.69) is 11.1 Å². The minimum absolute atomic E-state index is 0.0953. The topological polar surface area (TPSA) is 124 Å². The lowest BCUT2D eigenvalue weighted by atomic mass is 9.48. The van der Waals surface area contributed by atoms with Crippen LogP contribution in [0.25, 0.3) is 6.08 Å². The summed E-state index contributed by atoms with van der Waals surface area (Å²) in [6.07, 6.45) is 9.27. The van der Waals surface area contributed by atoms with Crippen LogP contribution in [0.15, 0.2) is 63.5 Å². The summed E-state index contributed by atoms with van der Waals surface area (Å²) in [4.78, 5) is 43.3. The molecule has 2 heterocycles. The van der Waals surface area contributed by atoms with Gasteiger partial charge in [-0.15, -0.1) is 0 Å². The Balaban J connectivity index is 1.36. The molecule has 1 aliphatic heterocycles. The van der Waals surface area contributed by atoms with Crippen molar-refractivity contribution in [1.29, 1.82) is 0 Å². The number of phenolic OH excluding ortho intramolecular Hbond substituents is 1. The number of benzene rings is 2. The molecule has 0 saturated heterocycles. The number of nitrogens with zero attached hydrogens (tertiary/aromatic N) is 3. The number of aromatic nitrogens is 1. The largest absolute Gasteiger partial charge is 0.507 e. The summed E-state index contributed by atoms with van der Waals surface area (Å²) >= 11 is 1.17. The van der Waals surface area contributed by atoms with E-state index in [9.17, 15) is 24.8 Å². The zero-order valence-corrected chi connectivity index (χ0v) is 24.9. The van der Waals surface area contributed by atoms with Crippen LogP contribution in [0.2, 0.25) is 0 Å². The fraction of sp³-hybridized carbons (Fsp3) is 0.424. The highest BCUT2D eigenvalue weighted by Gasteiger charge is 2.51. The van der Waals surface area contributed by atoms with Gasteiger partial charge in [-0.05, 0) is 105 Å². The van der Waals surface area contributed by atoms with Crippen LogP contribution in [0.5, 0.6) is 5.75 Å². The molecule has 10 heteroatoms. The Kier molecular flexibility index (Phi) is 6.65. The molecule has 2 aromatic carbocycles. The molecular formula is C33H33N3O6S. The number of hydrogen-bond donors (Lipinski definition) is 1. The maximum Gasteiger partial charge on any atom is 0.338 e. The Morgan fingerprint density at radius 1 is 1.16 bits per heavy atom. The van der Waals surface area contributed by atoms with Crippen LogP contribution < -0.4 is 14.9 Å². The monoisotopic (exact) mass is 599 g/mol. The van der Waals surface area contributed by atoms with E-state index in [0.29, 0.717) is 26.2 Å². The Morgan fingerprint density at radius 3 is 2.51 bits per heavy atom. The summed E-state index contributed by atoms with van der Waals surface area (Å²) in [5.41, 5.74) is 2.35. The van der Waals surface area contributed by atoms with E-state index in [4.69, 9.17) is 4.74 Å². The zero-order chi connectivity index (χ0) is 30.0. The van der Waals surface area contributed by atoms with Crippen LogP contribution in [0.3, 0.4) is 0 Å². The van der Waals surface area contributed by atoms with Gasteiger partial charge < -0.3 is 9.84 Å². The lowest BCUT2D eigenvalue weighted by molar-refractivity contribution is -0.384. The van der Waals surface area contributed by atoms with Crippen molar-refractivity contribution in [3.05, 3.63) is 100 Å². The number of thiazole rings is 1. The van der Waals surface area contributed by atoms with Crippen molar-refractivity contribution in [1.82, 2.24) is 4.57 Å². The van der Waals surface area contributed by atoms with E-state index in [1.165, 1.54) is 78.2 Å². The molecule has 43 heavy (non-hydrogen) atoms. The normalized spacial score (nSPS) is 27.6. The minimum atomic E-state index is -0.954. The summed E-state index contributed by atoms with van der Waals surface area (Å²) in [5, 5.41) is 22.5. The van der Waals surface area contributed by atoms with Crippen LogP contribution in [-0.4, -0.2) is 27.2 Å². The molecule has 222 valence electrons. The van der Waals surface area contributed by atoms with Crippen LogP contribution in [0.1, 0.15) is 75.1 Å². The van der Waals surface area contributed by atoms with E-state index in [-0.39, 0.29) is 29.0 Å². The minimum Gasteiger partial charge on any atom is -0.507 e. The van der Waals surface area contributed by atoms with E-state index >= 15 is 0 Å². The van der Waals surface area contributed by atoms with Crippen molar-refractivity contribution in [2.45, 2.75) is 63.8 Å². The number of aromatic hydroxyl groups is 1. The first kappa shape index (κ1) is 27.8.